The van der Waals surface area contributed by atoms with Crippen LogP contribution in [-0.2, 0) is 11.3 Å². The molecule has 0 radical (unpaired) electrons. The molecule has 3 heteroatoms. The van der Waals surface area contributed by atoms with E-state index in [1.54, 1.807) is 0 Å². The van der Waals surface area contributed by atoms with Crippen LogP contribution in [-0.4, -0.2) is 30.0 Å². The highest BCUT2D eigenvalue weighted by molar-refractivity contribution is 5.74. The zero-order valence-corrected chi connectivity index (χ0v) is 11.4. The normalized spacial score (nSPS) is 11.2. The summed E-state index contributed by atoms with van der Waals surface area (Å²) in [4.78, 5) is 11.2. The van der Waals surface area contributed by atoms with E-state index >= 15 is 0 Å². The van der Waals surface area contributed by atoms with Crippen LogP contribution in [0.1, 0.15) is 25.0 Å². The number of carbonyl (C=O) groups excluding carboxylic acids is 1. The molecule has 1 amide bonds. The van der Waals surface area contributed by atoms with Crippen molar-refractivity contribution in [2.75, 3.05) is 19.6 Å². The second kappa shape index (κ2) is 6.36. The topological polar surface area (TPSA) is 43.1 Å². The number of benzene rings is 1. The lowest BCUT2D eigenvalue weighted by Gasteiger charge is -2.35. The Hall–Kier alpha value is -1.61. The molecule has 0 atom stereocenters. The van der Waals surface area contributed by atoms with Gasteiger partial charge in [-0.3, -0.25) is 4.79 Å². The molecule has 0 spiro atoms. The molecule has 1 aromatic rings. The maximum Gasteiger partial charge on any atom is 0.272 e. The number of quaternary nitrogens is 1. The molecule has 0 unspecified atom stereocenters. The van der Waals surface area contributed by atoms with Crippen LogP contribution in [0.15, 0.2) is 30.8 Å². The summed E-state index contributed by atoms with van der Waals surface area (Å²) in [5.74, 6) is -0.237. The largest absolute Gasteiger partial charge is 0.365 e. The Morgan fingerprint density at radius 3 is 2.56 bits per heavy atom. The van der Waals surface area contributed by atoms with Crippen LogP contribution in [0, 0.1) is 0 Å². The lowest BCUT2D eigenvalue weighted by atomic mass is 10.1. The fourth-order valence-corrected chi connectivity index (χ4v) is 2.26. The predicted molar refractivity (Wildman–Crippen MR) is 75.6 cm³/mol. The van der Waals surface area contributed by atoms with E-state index in [1.807, 2.05) is 18.2 Å². The van der Waals surface area contributed by atoms with Crippen molar-refractivity contribution in [3.63, 3.8) is 0 Å². The second-order valence-electron chi connectivity index (χ2n) is 4.71. The van der Waals surface area contributed by atoms with Crippen molar-refractivity contribution in [2.24, 2.45) is 5.73 Å². The number of carbonyl (C=O) groups is 1. The number of hydrogen-bond acceptors (Lipinski definition) is 1. The maximum atomic E-state index is 11.2. The molecule has 0 aromatic heterocycles. The molecule has 0 aliphatic heterocycles. The molecule has 1 rings (SSSR count). The number of nitrogens with two attached hydrogens (primary N) is 1. The van der Waals surface area contributed by atoms with E-state index < -0.39 is 0 Å². The van der Waals surface area contributed by atoms with Crippen LogP contribution < -0.4 is 5.73 Å². The van der Waals surface area contributed by atoms with Gasteiger partial charge in [-0.1, -0.05) is 30.9 Å². The van der Waals surface area contributed by atoms with E-state index in [4.69, 9.17) is 5.73 Å². The van der Waals surface area contributed by atoms with Crippen LogP contribution in [0.4, 0.5) is 0 Å². The number of nitrogens with zero attached hydrogens (tertiary/aromatic N) is 1. The van der Waals surface area contributed by atoms with Crippen molar-refractivity contribution in [3.05, 3.63) is 42.0 Å². The monoisotopic (exact) mass is 247 g/mol. The summed E-state index contributed by atoms with van der Waals surface area (Å²) in [6, 6.07) is 8.26. The van der Waals surface area contributed by atoms with Gasteiger partial charge in [0, 0.05) is 5.56 Å². The zero-order valence-electron chi connectivity index (χ0n) is 11.4. The van der Waals surface area contributed by atoms with Gasteiger partial charge in [0.25, 0.3) is 5.91 Å². The van der Waals surface area contributed by atoms with E-state index in [2.05, 4.69) is 32.6 Å². The number of amides is 1. The fraction of sp³-hybridized carbons (Fsp3) is 0.400. The quantitative estimate of drug-likeness (QED) is 0.737. The standard InChI is InChI=1S/C15H22N2O/c1-4-13-8-7-9-14(10-13)11-17(5-2,6-3)12-15(16)18/h4,7-10H,1,5-6,11-12H2,2-3H3,(H-,16,18)/p+1. The van der Waals surface area contributed by atoms with Crippen LogP contribution in [0.25, 0.3) is 6.08 Å². The molecular weight excluding hydrogens is 224 g/mol. The minimum Gasteiger partial charge on any atom is -0.365 e. The van der Waals surface area contributed by atoms with Crippen molar-refractivity contribution < 1.29 is 9.28 Å². The number of primary amides is 1. The molecular formula is C15H23N2O+. The van der Waals surface area contributed by atoms with Gasteiger partial charge < -0.3 is 10.2 Å². The van der Waals surface area contributed by atoms with E-state index in [0.29, 0.717) is 11.0 Å². The molecule has 0 bridgehead atoms. The molecule has 98 valence electrons. The lowest BCUT2D eigenvalue weighted by molar-refractivity contribution is -0.930. The van der Waals surface area contributed by atoms with Gasteiger partial charge in [0.15, 0.2) is 6.54 Å². The first-order valence-corrected chi connectivity index (χ1v) is 6.40. The molecule has 0 aliphatic carbocycles. The molecule has 0 fully saturated rings. The van der Waals surface area contributed by atoms with Crippen molar-refractivity contribution in [1.82, 2.24) is 0 Å². The maximum absolute atomic E-state index is 11.2. The van der Waals surface area contributed by atoms with E-state index in [0.717, 1.165) is 25.2 Å². The van der Waals surface area contributed by atoms with Crippen LogP contribution in [0.3, 0.4) is 0 Å². The van der Waals surface area contributed by atoms with Crippen LogP contribution in [0.5, 0.6) is 0 Å². The molecule has 3 nitrogen and oxygen atoms in total. The number of hydrogen-bond donors (Lipinski definition) is 1. The minimum absolute atomic E-state index is 0.237. The summed E-state index contributed by atoms with van der Waals surface area (Å²) < 4.78 is 0.704. The van der Waals surface area contributed by atoms with E-state index in [9.17, 15) is 4.79 Å². The molecule has 0 saturated heterocycles. The third-order valence-electron chi connectivity index (χ3n) is 3.54. The summed E-state index contributed by atoms with van der Waals surface area (Å²) >= 11 is 0. The van der Waals surface area contributed by atoms with Gasteiger partial charge in [-0.05, 0) is 25.5 Å². The van der Waals surface area contributed by atoms with E-state index in [-0.39, 0.29) is 5.91 Å². The summed E-state index contributed by atoms with van der Waals surface area (Å²) in [7, 11) is 0. The average Bonchev–Trinajstić information content (AvgIpc) is 2.37. The highest BCUT2D eigenvalue weighted by Crippen LogP contribution is 2.16. The highest BCUT2D eigenvalue weighted by Gasteiger charge is 2.26. The van der Waals surface area contributed by atoms with Crippen LogP contribution >= 0.6 is 0 Å². The van der Waals surface area contributed by atoms with Crippen molar-refractivity contribution in [3.8, 4) is 0 Å². The molecule has 18 heavy (non-hydrogen) atoms. The van der Waals surface area contributed by atoms with Gasteiger partial charge in [0.1, 0.15) is 6.54 Å². The fourth-order valence-electron chi connectivity index (χ4n) is 2.26. The molecule has 2 N–H and O–H groups in total. The Kier molecular flexibility index (Phi) is 5.10. The first-order chi connectivity index (χ1) is 8.55. The Bertz CT molecular complexity index is 422. The molecule has 0 aliphatic rings. The van der Waals surface area contributed by atoms with Gasteiger partial charge in [-0.25, -0.2) is 0 Å². The predicted octanol–water partition coefficient (Wildman–Crippen LogP) is 2.17. The zero-order chi connectivity index (χ0) is 13.6. The smallest absolute Gasteiger partial charge is 0.272 e. The number of rotatable bonds is 7. The summed E-state index contributed by atoms with van der Waals surface area (Å²) in [5.41, 5.74) is 7.70. The summed E-state index contributed by atoms with van der Waals surface area (Å²) in [5, 5.41) is 0. The molecule has 0 heterocycles. The van der Waals surface area contributed by atoms with Gasteiger partial charge >= 0.3 is 0 Å². The molecule has 1 aromatic carbocycles. The Balaban J connectivity index is 2.94. The van der Waals surface area contributed by atoms with E-state index in [1.165, 1.54) is 5.56 Å². The van der Waals surface area contributed by atoms with Crippen LogP contribution in [0.2, 0.25) is 0 Å². The van der Waals surface area contributed by atoms with Gasteiger partial charge in [-0.15, -0.1) is 0 Å². The Morgan fingerprint density at radius 1 is 1.39 bits per heavy atom. The third kappa shape index (κ3) is 3.70. The van der Waals surface area contributed by atoms with Crippen molar-refractivity contribution in [2.45, 2.75) is 20.4 Å². The highest BCUT2D eigenvalue weighted by atomic mass is 16.1. The van der Waals surface area contributed by atoms with Gasteiger partial charge in [0.2, 0.25) is 0 Å². The van der Waals surface area contributed by atoms with Gasteiger partial charge in [-0.2, -0.15) is 0 Å². The Morgan fingerprint density at radius 2 is 2.06 bits per heavy atom. The average molecular weight is 247 g/mol. The van der Waals surface area contributed by atoms with Crippen molar-refractivity contribution >= 4 is 12.0 Å². The summed E-state index contributed by atoms with van der Waals surface area (Å²) in [6.07, 6.45) is 1.84. The number of likely N-dealkylation sites (N-methyl/N-ethyl adjacent to an activating group) is 1. The summed E-state index contributed by atoms with van der Waals surface area (Å²) in [6.45, 7) is 11.0. The SMILES string of the molecule is C=Cc1cccc(C[N+](CC)(CC)CC(N)=O)c1. The second-order valence-corrected chi connectivity index (χ2v) is 4.71. The first-order valence-electron chi connectivity index (χ1n) is 6.40. The first kappa shape index (κ1) is 14.5. The van der Waals surface area contributed by atoms with Crippen molar-refractivity contribution in [1.29, 1.82) is 0 Å². The van der Waals surface area contributed by atoms with Gasteiger partial charge in [0.05, 0.1) is 13.1 Å². The minimum atomic E-state index is -0.237. The lowest BCUT2D eigenvalue weighted by Crippen LogP contribution is -2.51. The third-order valence-corrected chi connectivity index (χ3v) is 3.54. The Labute approximate surface area is 109 Å². The molecule has 0 saturated carbocycles.